The lowest BCUT2D eigenvalue weighted by atomic mass is 10.3. The van der Waals surface area contributed by atoms with Crippen molar-refractivity contribution in [2.45, 2.75) is 12.1 Å². The molecule has 0 amide bonds. The predicted molar refractivity (Wildman–Crippen MR) is 27.5 cm³/mol. The highest BCUT2D eigenvalue weighted by atomic mass is 16.7. The standard InChI is InChI=1S/C5H9NO2/c1-4-5(6-4)2-8-3-7-1/h4-6H,1-3H2. The number of nitrogens with one attached hydrogen (secondary N) is 1. The maximum Gasteiger partial charge on any atom is 0.146 e. The topological polar surface area (TPSA) is 40.4 Å². The lowest BCUT2D eigenvalue weighted by Gasteiger charge is -1.97. The average Bonchev–Trinajstić information content (AvgIpc) is 2.36. The van der Waals surface area contributed by atoms with E-state index in [1.807, 2.05) is 0 Å². The van der Waals surface area contributed by atoms with Crippen LogP contribution in [0.25, 0.3) is 0 Å². The summed E-state index contributed by atoms with van der Waals surface area (Å²) < 4.78 is 10.1. The number of fused-ring (bicyclic) bond motifs is 1. The van der Waals surface area contributed by atoms with Gasteiger partial charge in [0.05, 0.1) is 13.2 Å². The SMILES string of the molecule is C1OCC2NC2CO1. The van der Waals surface area contributed by atoms with E-state index in [9.17, 15) is 0 Å². The van der Waals surface area contributed by atoms with Crippen molar-refractivity contribution in [2.75, 3.05) is 20.0 Å². The molecule has 0 spiro atoms. The Hall–Kier alpha value is -0.120. The molecule has 3 heteroatoms. The Balaban J connectivity index is 1.89. The third-order valence-electron chi connectivity index (χ3n) is 1.57. The Morgan fingerprint density at radius 2 is 1.75 bits per heavy atom. The molecule has 2 heterocycles. The molecule has 3 nitrogen and oxygen atoms in total. The predicted octanol–water partition coefficient (Wildman–Crippen LogP) is -0.669. The molecule has 0 aromatic heterocycles. The molecule has 2 atom stereocenters. The van der Waals surface area contributed by atoms with Crippen LogP contribution in [0.15, 0.2) is 0 Å². The van der Waals surface area contributed by atoms with Gasteiger partial charge in [-0.1, -0.05) is 0 Å². The van der Waals surface area contributed by atoms with Crippen molar-refractivity contribution in [1.29, 1.82) is 0 Å². The van der Waals surface area contributed by atoms with Gasteiger partial charge in [-0.25, -0.2) is 0 Å². The van der Waals surface area contributed by atoms with Crippen LogP contribution in [0.3, 0.4) is 0 Å². The fraction of sp³-hybridized carbons (Fsp3) is 1.00. The van der Waals surface area contributed by atoms with Crippen molar-refractivity contribution in [2.24, 2.45) is 0 Å². The zero-order chi connectivity index (χ0) is 5.40. The Kier molecular flexibility index (Phi) is 0.997. The second-order valence-electron chi connectivity index (χ2n) is 2.24. The molecule has 2 unspecified atom stereocenters. The molecule has 0 aliphatic carbocycles. The molecule has 2 saturated heterocycles. The first-order valence-corrected chi connectivity index (χ1v) is 2.88. The molecule has 8 heavy (non-hydrogen) atoms. The minimum absolute atomic E-state index is 0.481. The molecule has 2 rings (SSSR count). The minimum atomic E-state index is 0.481. The lowest BCUT2D eigenvalue weighted by Crippen LogP contribution is -2.05. The van der Waals surface area contributed by atoms with Gasteiger partial charge >= 0.3 is 0 Å². The first kappa shape index (κ1) is 4.73. The summed E-state index contributed by atoms with van der Waals surface area (Å²) >= 11 is 0. The lowest BCUT2D eigenvalue weighted by molar-refractivity contribution is -0.0394. The van der Waals surface area contributed by atoms with Gasteiger partial charge in [-0.2, -0.15) is 0 Å². The van der Waals surface area contributed by atoms with Gasteiger partial charge in [0.15, 0.2) is 0 Å². The third kappa shape index (κ3) is 0.727. The van der Waals surface area contributed by atoms with Crippen LogP contribution >= 0.6 is 0 Å². The van der Waals surface area contributed by atoms with Crippen molar-refractivity contribution >= 4 is 0 Å². The smallest absolute Gasteiger partial charge is 0.146 e. The average molecular weight is 115 g/mol. The van der Waals surface area contributed by atoms with Gasteiger partial charge in [-0.3, -0.25) is 0 Å². The van der Waals surface area contributed by atoms with Crippen molar-refractivity contribution in [3.05, 3.63) is 0 Å². The zero-order valence-electron chi connectivity index (χ0n) is 4.59. The summed E-state index contributed by atoms with van der Waals surface area (Å²) in [5.74, 6) is 0. The molecule has 46 valence electrons. The molecule has 2 fully saturated rings. The summed E-state index contributed by atoms with van der Waals surface area (Å²) in [7, 11) is 0. The quantitative estimate of drug-likeness (QED) is 0.426. The highest BCUT2D eigenvalue weighted by molar-refractivity contribution is 4.98. The van der Waals surface area contributed by atoms with Crippen LogP contribution < -0.4 is 5.32 Å². The van der Waals surface area contributed by atoms with Crippen LogP contribution in [-0.4, -0.2) is 32.1 Å². The maximum atomic E-state index is 5.06. The fourth-order valence-corrected chi connectivity index (χ4v) is 0.957. The van der Waals surface area contributed by atoms with E-state index in [1.54, 1.807) is 0 Å². The van der Waals surface area contributed by atoms with E-state index in [2.05, 4.69) is 5.32 Å². The van der Waals surface area contributed by atoms with E-state index in [4.69, 9.17) is 9.47 Å². The Morgan fingerprint density at radius 1 is 1.12 bits per heavy atom. The van der Waals surface area contributed by atoms with Crippen LogP contribution in [-0.2, 0) is 9.47 Å². The summed E-state index contributed by atoms with van der Waals surface area (Å²) in [5.41, 5.74) is 0. The van der Waals surface area contributed by atoms with Crippen LogP contribution in [0.4, 0.5) is 0 Å². The second kappa shape index (κ2) is 1.69. The van der Waals surface area contributed by atoms with E-state index in [-0.39, 0.29) is 0 Å². The van der Waals surface area contributed by atoms with Crippen molar-refractivity contribution in [3.63, 3.8) is 0 Å². The van der Waals surface area contributed by atoms with E-state index < -0.39 is 0 Å². The van der Waals surface area contributed by atoms with Crippen molar-refractivity contribution in [3.8, 4) is 0 Å². The molecule has 2 aliphatic heterocycles. The summed E-state index contributed by atoms with van der Waals surface area (Å²) in [5, 5.41) is 3.22. The van der Waals surface area contributed by atoms with E-state index in [0.717, 1.165) is 13.2 Å². The number of hydrogen-bond acceptors (Lipinski definition) is 3. The van der Waals surface area contributed by atoms with Gasteiger partial charge in [0, 0.05) is 12.1 Å². The second-order valence-corrected chi connectivity index (χ2v) is 2.24. The molecule has 0 aromatic carbocycles. The highest BCUT2D eigenvalue weighted by Crippen LogP contribution is 2.13. The van der Waals surface area contributed by atoms with E-state index in [0.29, 0.717) is 18.9 Å². The monoisotopic (exact) mass is 115 g/mol. The Bertz CT molecular complexity index is 86.4. The normalized spacial score (nSPS) is 45.0. The van der Waals surface area contributed by atoms with Gasteiger partial charge in [0.25, 0.3) is 0 Å². The summed E-state index contributed by atoms with van der Waals surface area (Å²) in [6.07, 6.45) is 0. The number of rotatable bonds is 0. The molecular formula is C5H9NO2. The number of hydrogen-bond donors (Lipinski definition) is 1. The van der Waals surface area contributed by atoms with Gasteiger partial charge in [-0.05, 0) is 0 Å². The summed E-state index contributed by atoms with van der Waals surface area (Å²) in [6, 6.07) is 1.19. The third-order valence-corrected chi connectivity index (χ3v) is 1.57. The molecular weight excluding hydrogens is 106 g/mol. The maximum absolute atomic E-state index is 5.06. The fourth-order valence-electron chi connectivity index (χ4n) is 0.957. The number of ether oxygens (including phenoxy) is 2. The first-order chi connectivity index (χ1) is 3.97. The molecule has 0 bridgehead atoms. The van der Waals surface area contributed by atoms with E-state index in [1.165, 1.54) is 0 Å². The van der Waals surface area contributed by atoms with Crippen LogP contribution in [0.2, 0.25) is 0 Å². The van der Waals surface area contributed by atoms with Crippen LogP contribution in [0, 0.1) is 0 Å². The first-order valence-electron chi connectivity index (χ1n) is 2.88. The van der Waals surface area contributed by atoms with Crippen molar-refractivity contribution < 1.29 is 9.47 Å². The largest absolute Gasteiger partial charge is 0.354 e. The molecule has 0 aromatic rings. The summed E-state index contributed by atoms with van der Waals surface area (Å²) in [6.45, 7) is 2.13. The van der Waals surface area contributed by atoms with Crippen molar-refractivity contribution in [1.82, 2.24) is 5.32 Å². The Labute approximate surface area is 48.0 Å². The van der Waals surface area contributed by atoms with Gasteiger partial charge in [0.2, 0.25) is 0 Å². The zero-order valence-corrected chi connectivity index (χ0v) is 4.59. The molecule has 0 radical (unpaired) electrons. The van der Waals surface area contributed by atoms with Gasteiger partial charge in [-0.15, -0.1) is 0 Å². The molecule has 2 aliphatic rings. The molecule has 0 saturated carbocycles. The summed E-state index contributed by atoms with van der Waals surface area (Å²) in [4.78, 5) is 0. The van der Waals surface area contributed by atoms with E-state index >= 15 is 0 Å². The van der Waals surface area contributed by atoms with Crippen LogP contribution in [0.5, 0.6) is 0 Å². The molecule has 1 N–H and O–H groups in total. The Morgan fingerprint density at radius 3 is 2.38 bits per heavy atom. The highest BCUT2D eigenvalue weighted by Gasteiger charge is 2.37. The van der Waals surface area contributed by atoms with Gasteiger partial charge in [0.1, 0.15) is 6.79 Å². The van der Waals surface area contributed by atoms with Gasteiger partial charge < -0.3 is 14.8 Å². The minimum Gasteiger partial charge on any atom is -0.354 e. The van der Waals surface area contributed by atoms with Crippen LogP contribution in [0.1, 0.15) is 0 Å².